The maximum Gasteiger partial charge on any atom is 0.183 e. The summed E-state index contributed by atoms with van der Waals surface area (Å²) in [6.45, 7) is 1.98. The number of halogens is 1. The van der Waals surface area contributed by atoms with Gasteiger partial charge in [-0.1, -0.05) is 6.92 Å². The average Bonchev–Trinajstić information content (AvgIpc) is 2.36. The van der Waals surface area contributed by atoms with E-state index in [4.69, 9.17) is 0 Å². The van der Waals surface area contributed by atoms with Crippen LogP contribution in [-0.2, 0) is 0 Å². The summed E-state index contributed by atoms with van der Waals surface area (Å²) in [5.41, 5.74) is 0.580. The van der Waals surface area contributed by atoms with Crippen LogP contribution >= 0.6 is 27.5 Å². The molecule has 1 aromatic heterocycles. The van der Waals surface area contributed by atoms with Crippen LogP contribution in [0, 0.1) is 0 Å². The number of hydrogen-bond donors (Lipinski definition) is 0. The molecular weight excluding hydrogens is 226 g/mol. The fourth-order valence-corrected chi connectivity index (χ4v) is 1.99. The van der Waals surface area contributed by atoms with Gasteiger partial charge in [-0.2, -0.15) is 4.37 Å². The first-order valence-corrected chi connectivity index (χ1v) is 5.01. The minimum Gasteiger partial charge on any atom is -0.292 e. The van der Waals surface area contributed by atoms with Crippen molar-refractivity contribution in [2.24, 2.45) is 0 Å². The highest BCUT2D eigenvalue weighted by Gasteiger charge is 2.10. The van der Waals surface area contributed by atoms with Crippen molar-refractivity contribution in [1.29, 1.82) is 0 Å². The molecule has 0 aliphatic heterocycles. The Morgan fingerprint density at radius 2 is 2.55 bits per heavy atom. The first-order chi connectivity index (χ1) is 5.25. The zero-order chi connectivity index (χ0) is 8.27. The van der Waals surface area contributed by atoms with Crippen molar-refractivity contribution in [3.63, 3.8) is 0 Å². The number of Topliss-reactive ketones (excluding diaryl/α,β-unsaturated/α-hetero) is 1. The fraction of sp³-hybridized carbons (Fsp3) is 0.429. The lowest BCUT2D eigenvalue weighted by Crippen LogP contribution is -1.98. The number of ketones is 1. The third-order valence-corrected chi connectivity index (χ3v) is 2.80. The molecule has 0 atom stereocenters. The third-order valence-electron chi connectivity index (χ3n) is 1.27. The Kier molecular flexibility index (Phi) is 3.20. The van der Waals surface area contributed by atoms with Crippen LogP contribution in [0.3, 0.4) is 0 Å². The zero-order valence-corrected chi connectivity index (χ0v) is 8.54. The van der Waals surface area contributed by atoms with E-state index in [0.29, 0.717) is 12.1 Å². The Bertz CT molecular complexity index is 259. The lowest BCUT2D eigenvalue weighted by Gasteiger charge is -1.92. The van der Waals surface area contributed by atoms with Crippen molar-refractivity contribution in [2.45, 2.75) is 19.8 Å². The number of nitrogens with zero attached hydrogens (tertiary/aromatic N) is 1. The summed E-state index contributed by atoms with van der Waals surface area (Å²) in [6, 6.07) is 0. The quantitative estimate of drug-likeness (QED) is 0.752. The van der Waals surface area contributed by atoms with E-state index >= 15 is 0 Å². The molecule has 0 radical (unpaired) electrons. The topological polar surface area (TPSA) is 30.0 Å². The Balaban J connectivity index is 2.76. The zero-order valence-electron chi connectivity index (χ0n) is 6.13. The molecule has 1 aromatic rings. The van der Waals surface area contributed by atoms with Gasteiger partial charge in [0.25, 0.3) is 0 Å². The van der Waals surface area contributed by atoms with Crippen LogP contribution < -0.4 is 0 Å². The molecule has 2 nitrogen and oxygen atoms in total. The molecule has 60 valence electrons. The van der Waals surface area contributed by atoms with Crippen LogP contribution in [-0.4, -0.2) is 10.2 Å². The molecule has 0 spiro atoms. The Labute approximate surface area is 77.9 Å². The number of aromatic nitrogens is 1. The molecule has 0 aliphatic rings. The normalized spacial score (nSPS) is 10.0. The first kappa shape index (κ1) is 8.87. The highest BCUT2D eigenvalue weighted by atomic mass is 79.9. The molecule has 0 amide bonds. The van der Waals surface area contributed by atoms with Crippen LogP contribution in [0.5, 0.6) is 0 Å². The molecule has 0 unspecified atom stereocenters. The van der Waals surface area contributed by atoms with Gasteiger partial charge >= 0.3 is 0 Å². The molecule has 1 rings (SSSR count). The molecule has 0 aliphatic carbocycles. The van der Waals surface area contributed by atoms with E-state index in [1.807, 2.05) is 12.3 Å². The van der Waals surface area contributed by atoms with Crippen LogP contribution in [0.15, 0.2) is 9.85 Å². The van der Waals surface area contributed by atoms with Crippen LogP contribution in [0.25, 0.3) is 0 Å². The molecule has 1 heterocycles. The van der Waals surface area contributed by atoms with E-state index in [1.165, 1.54) is 11.5 Å². The molecule has 0 saturated carbocycles. The second-order valence-corrected chi connectivity index (χ2v) is 3.67. The molecule has 0 saturated heterocycles. The van der Waals surface area contributed by atoms with E-state index in [0.717, 1.165) is 10.9 Å². The molecule has 11 heavy (non-hydrogen) atoms. The van der Waals surface area contributed by atoms with Gasteiger partial charge in [0.1, 0.15) is 5.69 Å². The van der Waals surface area contributed by atoms with E-state index in [-0.39, 0.29) is 5.78 Å². The summed E-state index contributed by atoms with van der Waals surface area (Å²) in [4.78, 5) is 11.2. The minimum atomic E-state index is 0.126. The van der Waals surface area contributed by atoms with Crippen LogP contribution in [0.4, 0.5) is 0 Å². The summed E-state index contributed by atoms with van der Waals surface area (Å²) in [5.74, 6) is 0.126. The molecule has 0 N–H and O–H groups in total. The van der Waals surface area contributed by atoms with Gasteiger partial charge in [-0.05, 0) is 33.9 Å². The summed E-state index contributed by atoms with van der Waals surface area (Å²) < 4.78 is 4.80. The van der Waals surface area contributed by atoms with Crippen molar-refractivity contribution in [2.75, 3.05) is 0 Å². The number of rotatable bonds is 3. The van der Waals surface area contributed by atoms with E-state index in [1.54, 1.807) is 0 Å². The van der Waals surface area contributed by atoms with Gasteiger partial charge in [0.15, 0.2) is 5.78 Å². The Hall–Kier alpha value is -0.220. The van der Waals surface area contributed by atoms with Gasteiger partial charge in [0.05, 0.1) is 4.47 Å². The van der Waals surface area contributed by atoms with E-state index in [9.17, 15) is 4.79 Å². The highest BCUT2D eigenvalue weighted by molar-refractivity contribution is 9.10. The molecule has 0 bridgehead atoms. The van der Waals surface area contributed by atoms with Crippen LogP contribution in [0.2, 0.25) is 0 Å². The monoisotopic (exact) mass is 233 g/mol. The molecule has 4 heteroatoms. The summed E-state index contributed by atoms with van der Waals surface area (Å²) >= 11 is 4.57. The Morgan fingerprint density at radius 1 is 1.82 bits per heavy atom. The number of carbonyl (C=O) groups is 1. The number of hydrogen-bond acceptors (Lipinski definition) is 3. The van der Waals surface area contributed by atoms with Crippen molar-refractivity contribution in [3.05, 3.63) is 15.5 Å². The van der Waals surface area contributed by atoms with Crippen molar-refractivity contribution >= 4 is 33.2 Å². The van der Waals surface area contributed by atoms with Gasteiger partial charge in [-0.25, -0.2) is 0 Å². The highest BCUT2D eigenvalue weighted by Crippen LogP contribution is 2.19. The van der Waals surface area contributed by atoms with Gasteiger partial charge < -0.3 is 0 Å². The lowest BCUT2D eigenvalue weighted by molar-refractivity contribution is 0.0977. The van der Waals surface area contributed by atoms with E-state index < -0.39 is 0 Å². The fourth-order valence-electron chi connectivity index (χ4n) is 0.754. The van der Waals surface area contributed by atoms with Crippen molar-refractivity contribution < 1.29 is 4.79 Å². The van der Waals surface area contributed by atoms with Gasteiger partial charge in [-0.3, -0.25) is 4.79 Å². The predicted molar refractivity (Wildman–Crippen MR) is 49.1 cm³/mol. The first-order valence-electron chi connectivity index (χ1n) is 3.38. The molecular formula is C7H8BrNOS. The summed E-state index contributed by atoms with van der Waals surface area (Å²) in [7, 11) is 0. The van der Waals surface area contributed by atoms with Gasteiger partial charge in [0, 0.05) is 11.8 Å². The standard InChI is InChI=1S/C7H8BrNOS/c1-2-3-6(10)7-5(8)4-11-9-7/h4H,2-3H2,1H3. The largest absolute Gasteiger partial charge is 0.292 e. The number of carbonyl (C=O) groups excluding carboxylic acids is 1. The smallest absolute Gasteiger partial charge is 0.183 e. The predicted octanol–water partition coefficient (Wildman–Crippen LogP) is 2.89. The second kappa shape index (κ2) is 3.97. The third kappa shape index (κ3) is 2.10. The summed E-state index contributed by atoms with van der Waals surface area (Å²) in [6.07, 6.45) is 1.46. The average molecular weight is 234 g/mol. The second-order valence-electron chi connectivity index (χ2n) is 2.18. The maximum atomic E-state index is 11.2. The summed E-state index contributed by atoms with van der Waals surface area (Å²) in [5, 5.41) is 1.82. The Morgan fingerprint density at radius 3 is 3.00 bits per heavy atom. The van der Waals surface area contributed by atoms with E-state index in [2.05, 4.69) is 20.3 Å². The van der Waals surface area contributed by atoms with Crippen molar-refractivity contribution in [3.8, 4) is 0 Å². The van der Waals surface area contributed by atoms with Gasteiger partial charge in [0.2, 0.25) is 0 Å². The minimum absolute atomic E-state index is 0.126. The van der Waals surface area contributed by atoms with Crippen molar-refractivity contribution in [1.82, 2.24) is 4.37 Å². The lowest BCUT2D eigenvalue weighted by atomic mass is 10.2. The van der Waals surface area contributed by atoms with Gasteiger partial charge in [-0.15, -0.1) is 0 Å². The molecule has 0 fully saturated rings. The maximum absolute atomic E-state index is 11.2. The van der Waals surface area contributed by atoms with Crippen LogP contribution in [0.1, 0.15) is 30.3 Å². The SMILES string of the molecule is CCCC(=O)c1nscc1Br. The molecule has 0 aromatic carbocycles.